The van der Waals surface area contributed by atoms with Gasteiger partial charge in [-0.05, 0) is 65.1 Å². The van der Waals surface area contributed by atoms with Gasteiger partial charge in [-0.25, -0.2) is 0 Å². The lowest BCUT2D eigenvalue weighted by atomic mass is 10.1. The van der Waals surface area contributed by atoms with Crippen LogP contribution in [0.25, 0.3) is 0 Å². The van der Waals surface area contributed by atoms with Crippen LogP contribution in [0.4, 0.5) is 0 Å². The van der Waals surface area contributed by atoms with Crippen LogP contribution in [0.1, 0.15) is 65.2 Å². The third kappa shape index (κ3) is 7.38. The van der Waals surface area contributed by atoms with Gasteiger partial charge in [-0.15, -0.1) is 0 Å². The Morgan fingerprint density at radius 3 is 2.61 bits per heavy atom. The van der Waals surface area contributed by atoms with Gasteiger partial charge in [0.05, 0.1) is 0 Å². The Hall–Kier alpha value is -0.0800. The number of hydrogen-bond acceptors (Lipinski definition) is 2. The maximum atomic E-state index is 3.57. The van der Waals surface area contributed by atoms with Crippen LogP contribution in [0, 0.1) is 5.92 Å². The van der Waals surface area contributed by atoms with Crippen molar-refractivity contribution in [1.82, 2.24) is 10.2 Å². The topological polar surface area (TPSA) is 15.3 Å². The van der Waals surface area contributed by atoms with Crippen LogP contribution >= 0.6 is 0 Å². The van der Waals surface area contributed by atoms with Crippen LogP contribution in [0.2, 0.25) is 0 Å². The molecule has 0 bridgehead atoms. The summed E-state index contributed by atoms with van der Waals surface area (Å²) < 4.78 is 0. The monoisotopic (exact) mass is 254 g/mol. The van der Waals surface area contributed by atoms with Gasteiger partial charge in [0.25, 0.3) is 0 Å². The van der Waals surface area contributed by atoms with Crippen molar-refractivity contribution in [3.63, 3.8) is 0 Å². The average Bonchev–Trinajstić information content (AvgIpc) is 2.85. The fraction of sp³-hybridized carbons (Fsp3) is 1.00. The first kappa shape index (κ1) is 16.0. The normalized spacial score (nSPS) is 18.7. The van der Waals surface area contributed by atoms with Crippen molar-refractivity contribution in [2.24, 2.45) is 5.92 Å². The molecule has 0 aromatic rings. The predicted molar refractivity (Wildman–Crippen MR) is 81.1 cm³/mol. The van der Waals surface area contributed by atoms with E-state index in [4.69, 9.17) is 0 Å². The lowest BCUT2D eigenvalue weighted by Crippen LogP contribution is -2.28. The molecule has 2 heteroatoms. The first-order chi connectivity index (χ1) is 8.72. The van der Waals surface area contributed by atoms with E-state index in [0.29, 0.717) is 6.04 Å². The van der Waals surface area contributed by atoms with Gasteiger partial charge < -0.3 is 10.2 Å². The molecule has 1 aliphatic rings. The molecule has 0 aliphatic heterocycles. The van der Waals surface area contributed by atoms with Gasteiger partial charge in [0.2, 0.25) is 0 Å². The van der Waals surface area contributed by atoms with Crippen LogP contribution in [0.15, 0.2) is 0 Å². The molecule has 1 aliphatic carbocycles. The molecule has 0 amide bonds. The van der Waals surface area contributed by atoms with Crippen molar-refractivity contribution < 1.29 is 0 Å². The molecule has 0 heterocycles. The zero-order valence-corrected chi connectivity index (χ0v) is 12.9. The Labute approximate surface area is 115 Å². The lowest BCUT2D eigenvalue weighted by Gasteiger charge is -2.21. The van der Waals surface area contributed by atoms with Crippen molar-refractivity contribution in [3.8, 4) is 0 Å². The quantitative estimate of drug-likeness (QED) is 0.598. The van der Waals surface area contributed by atoms with Crippen molar-refractivity contribution >= 4 is 0 Å². The molecule has 1 unspecified atom stereocenters. The van der Waals surface area contributed by atoms with Crippen LogP contribution < -0.4 is 5.32 Å². The van der Waals surface area contributed by atoms with Gasteiger partial charge in [-0.3, -0.25) is 0 Å². The van der Waals surface area contributed by atoms with E-state index in [2.05, 4.69) is 31.1 Å². The van der Waals surface area contributed by atoms with E-state index in [1.807, 2.05) is 0 Å². The van der Waals surface area contributed by atoms with Crippen molar-refractivity contribution in [2.45, 2.75) is 71.3 Å². The molecule has 1 N–H and O–H groups in total. The Balaban J connectivity index is 1.92. The number of hydrogen-bond donors (Lipinski definition) is 1. The van der Waals surface area contributed by atoms with E-state index in [1.165, 1.54) is 71.0 Å². The minimum atomic E-state index is 0.699. The Morgan fingerprint density at radius 1 is 1.22 bits per heavy atom. The van der Waals surface area contributed by atoms with Gasteiger partial charge >= 0.3 is 0 Å². The van der Waals surface area contributed by atoms with E-state index in [9.17, 15) is 0 Å². The SMILES string of the molecule is CCCNC(C)CCCCN(C)CC1CCCC1. The minimum Gasteiger partial charge on any atom is -0.314 e. The molecule has 2 nitrogen and oxygen atoms in total. The molecule has 1 fully saturated rings. The molecular formula is C16H34N2. The van der Waals surface area contributed by atoms with Crippen molar-refractivity contribution in [3.05, 3.63) is 0 Å². The fourth-order valence-corrected chi connectivity index (χ4v) is 3.05. The highest BCUT2D eigenvalue weighted by atomic mass is 15.1. The summed E-state index contributed by atoms with van der Waals surface area (Å²) in [7, 11) is 2.30. The maximum Gasteiger partial charge on any atom is 0.00387 e. The second-order valence-electron chi connectivity index (χ2n) is 6.26. The largest absolute Gasteiger partial charge is 0.314 e. The van der Waals surface area contributed by atoms with Gasteiger partial charge in [0.15, 0.2) is 0 Å². The zero-order chi connectivity index (χ0) is 13.2. The van der Waals surface area contributed by atoms with E-state index in [-0.39, 0.29) is 0 Å². The van der Waals surface area contributed by atoms with Crippen LogP contribution in [0.5, 0.6) is 0 Å². The number of rotatable bonds is 10. The third-order valence-electron chi connectivity index (χ3n) is 4.21. The lowest BCUT2D eigenvalue weighted by molar-refractivity contribution is 0.271. The second-order valence-corrected chi connectivity index (χ2v) is 6.26. The minimum absolute atomic E-state index is 0.699. The molecule has 1 atom stereocenters. The predicted octanol–water partition coefficient (Wildman–Crippen LogP) is 3.67. The van der Waals surface area contributed by atoms with Crippen molar-refractivity contribution in [1.29, 1.82) is 0 Å². The maximum absolute atomic E-state index is 3.57. The van der Waals surface area contributed by atoms with E-state index < -0.39 is 0 Å². The summed E-state index contributed by atoms with van der Waals surface area (Å²) >= 11 is 0. The summed E-state index contributed by atoms with van der Waals surface area (Å²) in [6, 6.07) is 0.699. The molecule has 0 aromatic heterocycles. The van der Waals surface area contributed by atoms with Gasteiger partial charge in [-0.1, -0.05) is 26.2 Å². The molecule has 0 aromatic carbocycles. The summed E-state index contributed by atoms with van der Waals surface area (Å²) in [4.78, 5) is 2.56. The highest BCUT2D eigenvalue weighted by Crippen LogP contribution is 2.25. The third-order valence-corrected chi connectivity index (χ3v) is 4.21. The van der Waals surface area contributed by atoms with Crippen LogP contribution in [0.3, 0.4) is 0 Å². The first-order valence-corrected chi connectivity index (χ1v) is 8.14. The van der Waals surface area contributed by atoms with Gasteiger partial charge in [-0.2, -0.15) is 0 Å². The highest BCUT2D eigenvalue weighted by Gasteiger charge is 2.16. The highest BCUT2D eigenvalue weighted by molar-refractivity contribution is 4.70. The molecule has 0 saturated heterocycles. The van der Waals surface area contributed by atoms with E-state index >= 15 is 0 Å². The van der Waals surface area contributed by atoms with E-state index in [0.717, 1.165) is 5.92 Å². The Bertz CT molecular complexity index is 188. The average molecular weight is 254 g/mol. The molecule has 108 valence electrons. The van der Waals surface area contributed by atoms with Crippen molar-refractivity contribution in [2.75, 3.05) is 26.7 Å². The second kappa shape index (κ2) is 9.80. The summed E-state index contributed by atoms with van der Waals surface area (Å²) in [5, 5.41) is 3.57. The van der Waals surface area contributed by atoms with E-state index in [1.54, 1.807) is 0 Å². The summed E-state index contributed by atoms with van der Waals surface area (Å²) in [5.74, 6) is 1.00. The zero-order valence-electron chi connectivity index (χ0n) is 12.9. The summed E-state index contributed by atoms with van der Waals surface area (Å²) in [5.41, 5.74) is 0. The Morgan fingerprint density at radius 2 is 1.94 bits per heavy atom. The smallest absolute Gasteiger partial charge is 0.00387 e. The number of unbranched alkanes of at least 4 members (excludes halogenated alkanes) is 1. The number of nitrogens with zero attached hydrogens (tertiary/aromatic N) is 1. The summed E-state index contributed by atoms with van der Waals surface area (Å²) in [6.45, 7) is 8.35. The Kier molecular flexibility index (Phi) is 8.70. The molecule has 0 radical (unpaired) electrons. The standard InChI is InChI=1S/C16H34N2/c1-4-12-17-15(2)9-7-8-13-18(3)14-16-10-5-6-11-16/h15-17H,4-14H2,1-3H3. The molecule has 1 rings (SSSR count). The first-order valence-electron chi connectivity index (χ1n) is 8.14. The fourth-order valence-electron chi connectivity index (χ4n) is 3.05. The van der Waals surface area contributed by atoms with Crippen LogP contribution in [-0.4, -0.2) is 37.6 Å². The van der Waals surface area contributed by atoms with Crippen LogP contribution in [-0.2, 0) is 0 Å². The van der Waals surface area contributed by atoms with Gasteiger partial charge in [0, 0.05) is 12.6 Å². The molecule has 0 spiro atoms. The molecule has 1 saturated carbocycles. The number of nitrogens with one attached hydrogen (secondary N) is 1. The molecule has 18 heavy (non-hydrogen) atoms. The van der Waals surface area contributed by atoms with Gasteiger partial charge in [0.1, 0.15) is 0 Å². The molecular weight excluding hydrogens is 220 g/mol. The summed E-state index contributed by atoms with van der Waals surface area (Å²) in [6.07, 6.45) is 11.2.